The van der Waals surface area contributed by atoms with E-state index in [0.29, 0.717) is 12.8 Å². The van der Waals surface area contributed by atoms with Crippen LogP contribution in [0.15, 0.2) is 16.9 Å². The van der Waals surface area contributed by atoms with Gasteiger partial charge in [-0.3, -0.25) is 9.59 Å². The molecule has 100 valence electrons. The summed E-state index contributed by atoms with van der Waals surface area (Å²) in [6.45, 7) is 3.67. The number of nitrogens with zero attached hydrogens (tertiary/aromatic N) is 2. The maximum atomic E-state index is 12.0. The Morgan fingerprint density at radius 3 is 2.50 bits per heavy atom. The van der Waals surface area contributed by atoms with Gasteiger partial charge >= 0.3 is 0 Å². The van der Waals surface area contributed by atoms with Gasteiger partial charge in [0.1, 0.15) is 5.69 Å². The van der Waals surface area contributed by atoms with Gasteiger partial charge in [-0.1, -0.05) is 13.8 Å². The largest absolute Gasteiger partial charge is 0.394 e. The highest BCUT2D eigenvalue weighted by Gasteiger charge is 2.28. The second-order valence-electron chi connectivity index (χ2n) is 4.28. The van der Waals surface area contributed by atoms with E-state index >= 15 is 0 Å². The molecule has 0 aliphatic carbocycles. The summed E-state index contributed by atoms with van der Waals surface area (Å²) in [5.74, 6) is -0.386. The lowest BCUT2D eigenvalue weighted by Gasteiger charge is -2.30. The van der Waals surface area contributed by atoms with Crippen LogP contribution in [0.1, 0.15) is 37.2 Å². The lowest BCUT2D eigenvalue weighted by molar-refractivity contribution is 0.0810. The summed E-state index contributed by atoms with van der Waals surface area (Å²) in [7, 11) is 1.48. The van der Waals surface area contributed by atoms with E-state index in [0.717, 1.165) is 4.68 Å². The molecule has 0 saturated carbocycles. The van der Waals surface area contributed by atoms with Crippen molar-refractivity contribution in [3.63, 3.8) is 0 Å². The van der Waals surface area contributed by atoms with Crippen molar-refractivity contribution in [2.24, 2.45) is 7.05 Å². The maximum absolute atomic E-state index is 12.0. The molecule has 1 aromatic heterocycles. The van der Waals surface area contributed by atoms with Gasteiger partial charge in [0.2, 0.25) is 0 Å². The number of rotatable bonds is 5. The van der Waals surface area contributed by atoms with E-state index in [4.69, 9.17) is 0 Å². The molecule has 0 spiro atoms. The second kappa shape index (κ2) is 5.77. The van der Waals surface area contributed by atoms with E-state index in [1.54, 1.807) is 0 Å². The van der Waals surface area contributed by atoms with E-state index < -0.39 is 5.54 Å². The Bertz CT molecular complexity index is 469. The van der Waals surface area contributed by atoms with Gasteiger partial charge in [-0.2, -0.15) is 5.10 Å². The molecule has 18 heavy (non-hydrogen) atoms. The third-order valence-corrected chi connectivity index (χ3v) is 3.23. The van der Waals surface area contributed by atoms with Crippen molar-refractivity contribution in [2.75, 3.05) is 6.61 Å². The van der Waals surface area contributed by atoms with Crippen LogP contribution >= 0.6 is 0 Å². The van der Waals surface area contributed by atoms with Crippen molar-refractivity contribution in [3.05, 3.63) is 28.2 Å². The Balaban J connectivity index is 2.94. The highest BCUT2D eigenvalue weighted by Crippen LogP contribution is 2.14. The van der Waals surface area contributed by atoms with Crippen LogP contribution in [0.3, 0.4) is 0 Å². The number of aromatic nitrogens is 2. The molecular formula is C12H19N3O3. The molecule has 1 amide bonds. The lowest BCUT2D eigenvalue weighted by atomic mass is 9.93. The zero-order valence-electron chi connectivity index (χ0n) is 10.9. The average Bonchev–Trinajstić information content (AvgIpc) is 2.39. The molecule has 0 radical (unpaired) electrons. The van der Waals surface area contributed by atoms with E-state index in [-0.39, 0.29) is 23.8 Å². The first-order valence-electron chi connectivity index (χ1n) is 5.95. The molecule has 6 heteroatoms. The quantitative estimate of drug-likeness (QED) is 0.777. The number of carbonyl (C=O) groups excluding carboxylic acids is 1. The third kappa shape index (κ3) is 2.95. The van der Waals surface area contributed by atoms with Gasteiger partial charge in [-0.05, 0) is 18.9 Å². The first-order chi connectivity index (χ1) is 8.48. The first-order valence-corrected chi connectivity index (χ1v) is 5.95. The molecule has 0 saturated heterocycles. The normalized spacial score (nSPS) is 11.3. The molecule has 0 unspecified atom stereocenters. The molecule has 0 aromatic carbocycles. The predicted molar refractivity (Wildman–Crippen MR) is 67.3 cm³/mol. The number of aliphatic hydroxyl groups excluding tert-OH is 1. The molecule has 0 fully saturated rings. The van der Waals surface area contributed by atoms with Crippen LogP contribution < -0.4 is 10.9 Å². The van der Waals surface area contributed by atoms with Crippen molar-refractivity contribution in [2.45, 2.75) is 32.2 Å². The van der Waals surface area contributed by atoms with Crippen LogP contribution in [0.5, 0.6) is 0 Å². The topological polar surface area (TPSA) is 84.2 Å². The number of hydrogen-bond acceptors (Lipinski definition) is 4. The minimum absolute atomic E-state index is 0.127. The molecule has 0 aliphatic rings. The van der Waals surface area contributed by atoms with Crippen molar-refractivity contribution < 1.29 is 9.90 Å². The van der Waals surface area contributed by atoms with E-state index in [2.05, 4.69) is 10.4 Å². The standard InChI is InChI=1S/C12H19N3O3/c1-4-12(5-2,8-16)13-11(18)9-6-7-10(17)15(3)14-9/h6-7,16H,4-5,8H2,1-3H3,(H,13,18). The summed E-state index contributed by atoms with van der Waals surface area (Å²) < 4.78 is 1.10. The van der Waals surface area contributed by atoms with E-state index in [1.807, 2.05) is 13.8 Å². The Labute approximate surface area is 106 Å². The number of aryl methyl sites for hydroxylation is 1. The Kier molecular flexibility index (Phi) is 4.61. The molecule has 6 nitrogen and oxygen atoms in total. The number of amides is 1. The minimum Gasteiger partial charge on any atom is -0.394 e. The minimum atomic E-state index is -0.631. The number of carbonyl (C=O) groups is 1. The van der Waals surface area contributed by atoms with Gasteiger partial charge in [0, 0.05) is 13.1 Å². The average molecular weight is 253 g/mol. The molecule has 0 aliphatic heterocycles. The van der Waals surface area contributed by atoms with Crippen molar-refractivity contribution in [3.8, 4) is 0 Å². The predicted octanol–water partition coefficient (Wildman–Crippen LogP) is 0.0612. The monoisotopic (exact) mass is 253 g/mol. The summed E-state index contributed by atoms with van der Waals surface area (Å²) in [6, 6.07) is 2.67. The Morgan fingerprint density at radius 1 is 1.44 bits per heavy atom. The van der Waals surface area contributed by atoms with Gasteiger partial charge in [0.25, 0.3) is 11.5 Å². The molecule has 1 rings (SSSR count). The number of aliphatic hydroxyl groups is 1. The van der Waals surface area contributed by atoms with Crippen molar-refractivity contribution in [1.29, 1.82) is 0 Å². The summed E-state index contributed by atoms with van der Waals surface area (Å²) >= 11 is 0. The maximum Gasteiger partial charge on any atom is 0.272 e. The van der Waals surface area contributed by atoms with Crippen LogP contribution in [-0.2, 0) is 7.05 Å². The summed E-state index contributed by atoms with van der Waals surface area (Å²) in [4.78, 5) is 23.2. The molecule has 1 aromatic rings. The van der Waals surface area contributed by atoms with E-state index in [9.17, 15) is 14.7 Å². The number of hydrogen-bond donors (Lipinski definition) is 2. The molecule has 0 bridgehead atoms. The zero-order chi connectivity index (χ0) is 13.8. The van der Waals surface area contributed by atoms with Crippen molar-refractivity contribution >= 4 is 5.91 Å². The molecule has 0 atom stereocenters. The van der Waals surface area contributed by atoms with Crippen LogP contribution in [0.2, 0.25) is 0 Å². The summed E-state index contributed by atoms with van der Waals surface area (Å²) in [5.41, 5.74) is -0.740. The van der Waals surface area contributed by atoms with Gasteiger partial charge < -0.3 is 10.4 Å². The molecule has 1 heterocycles. The van der Waals surface area contributed by atoms with Gasteiger partial charge in [-0.15, -0.1) is 0 Å². The fraction of sp³-hybridized carbons (Fsp3) is 0.583. The molecular weight excluding hydrogens is 234 g/mol. The van der Waals surface area contributed by atoms with Crippen molar-refractivity contribution in [1.82, 2.24) is 15.1 Å². The zero-order valence-corrected chi connectivity index (χ0v) is 10.9. The highest BCUT2D eigenvalue weighted by atomic mass is 16.3. The fourth-order valence-corrected chi connectivity index (χ4v) is 1.62. The van der Waals surface area contributed by atoms with Gasteiger partial charge in [0.05, 0.1) is 12.1 Å². The Hall–Kier alpha value is -1.69. The molecule has 2 N–H and O–H groups in total. The fourth-order valence-electron chi connectivity index (χ4n) is 1.62. The van der Waals surface area contributed by atoms with Crippen LogP contribution in [0.25, 0.3) is 0 Å². The number of nitrogens with one attached hydrogen (secondary N) is 1. The summed E-state index contributed by atoms with van der Waals surface area (Å²) in [5, 5.41) is 16.0. The van der Waals surface area contributed by atoms with Gasteiger partial charge in [0.15, 0.2) is 0 Å². The second-order valence-corrected chi connectivity index (χ2v) is 4.28. The highest BCUT2D eigenvalue weighted by molar-refractivity contribution is 5.92. The smallest absolute Gasteiger partial charge is 0.272 e. The van der Waals surface area contributed by atoms with Crippen LogP contribution in [0, 0.1) is 0 Å². The first kappa shape index (κ1) is 14.4. The van der Waals surface area contributed by atoms with Crippen LogP contribution in [0.4, 0.5) is 0 Å². The summed E-state index contributed by atoms with van der Waals surface area (Å²) in [6.07, 6.45) is 1.25. The SMILES string of the molecule is CCC(CC)(CO)NC(=O)c1ccc(=O)n(C)n1. The Morgan fingerprint density at radius 2 is 2.06 bits per heavy atom. The third-order valence-electron chi connectivity index (χ3n) is 3.23. The van der Waals surface area contributed by atoms with Crippen LogP contribution in [-0.4, -0.2) is 32.9 Å². The lowest BCUT2D eigenvalue weighted by Crippen LogP contribution is -2.50. The van der Waals surface area contributed by atoms with E-state index in [1.165, 1.54) is 19.2 Å². The van der Waals surface area contributed by atoms with Gasteiger partial charge in [-0.25, -0.2) is 4.68 Å².